The van der Waals surface area contributed by atoms with Crippen LogP contribution in [0.4, 0.5) is 0 Å². The lowest BCUT2D eigenvalue weighted by Crippen LogP contribution is -2.31. The van der Waals surface area contributed by atoms with Crippen molar-refractivity contribution in [2.24, 2.45) is 11.8 Å². The Bertz CT molecular complexity index is 136. The molecular weight excluding hydrogens is 150 g/mol. The lowest BCUT2D eigenvalue weighted by molar-refractivity contribution is 0.207. The lowest BCUT2D eigenvalue weighted by Gasteiger charge is -2.22. The standard InChI is InChI=1S/C10H21NO/c1-8(2)5-11-6-10(7-12)4-9(11)3/h8-10,12H,4-7H2,1-3H3. The van der Waals surface area contributed by atoms with Crippen molar-refractivity contribution >= 4 is 0 Å². The van der Waals surface area contributed by atoms with Gasteiger partial charge < -0.3 is 10.0 Å². The number of nitrogens with zero attached hydrogens (tertiary/aromatic N) is 1. The first-order valence-corrected chi connectivity index (χ1v) is 4.98. The van der Waals surface area contributed by atoms with Gasteiger partial charge in [-0.25, -0.2) is 0 Å². The average molecular weight is 171 g/mol. The molecule has 2 atom stereocenters. The van der Waals surface area contributed by atoms with Crippen molar-refractivity contribution < 1.29 is 5.11 Å². The number of rotatable bonds is 3. The maximum absolute atomic E-state index is 9.01. The van der Waals surface area contributed by atoms with E-state index in [1.54, 1.807) is 0 Å². The third kappa shape index (κ3) is 2.46. The second kappa shape index (κ2) is 4.24. The van der Waals surface area contributed by atoms with E-state index < -0.39 is 0 Å². The van der Waals surface area contributed by atoms with Gasteiger partial charge in [0.2, 0.25) is 0 Å². The van der Waals surface area contributed by atoms with E-state index in [0.717, 1.165) is 12.5 Å². The molecule has 1 aliphatic rings. The van der Waals surface area contributed by atoms with Gasteiger partial charge in [-0.15, -0.1) is 0 Å². The molecule has 0 aromatic carbocycles. The van der Waals surface area contributed by atoms with Gasteiger partial charge in [-0.1, -0.05) is 13.8 Å². The molecule has 0 aliphatic carbocycles. The molecular formula is C10H21NO. The first-order chi connectivity index (χ1) is 5.63. The van der Waals surface area contributed by atoms with E-state index in [2.05, 4.69) is 25.7 Å². The van der Waals surface area contributed by atoms with Crippen LogP contribution in [-0.2, 0) is 0 Å². The topological polar surface area (TPSA) is 23.5 Å². The summed E-state index contributed by atoms with van der Waals surface area (Å²) >= 11 is 0. The molecule has 1 aliphatic heterocycles. The van der Waals surface area contributed by atoms with E-state index >= 15 is 0 Å². The number of hydrogen-bond acceptors (Lipinski definition) is 2. The Balaban J connectivity index is 2.35. The van der Waals surface area contributed by atoms with Gasteiger partial charge in [0.15, 0.2) is 0 Å². The van der Waals surface area contributed by atoms with E-state index in [1.807, 2.05) is 0 Å². The van der Waals surface area contributed by atoms with E-state index in [9.17, 15) is 0 Å². The molecule has 12 heavy (non-hydrogen) atoms. The second-order valence-corrected chi connectivity index (χ2v) is 4.48. The number of likely N-dealkylation sites (tertiary alicyclic amines) is 1. The maximum Gasteiger partial charge on any atom is 0.0472 e. The van der Waals surface area contributed by atoms with Crippen LogP contribution in [-0.4, -0.2) is 35.7 Å². The largest absolute Gasteiger partial charge is 0.396 e. The van der Waals surface area contributed by atoms with Crippen LogP contribution in [0.15, 0.2) is 0 Å². The van der Waals surface area contributed by atoms with Crippen molar-refractivity contribution in [3.63, 3.8) is 0 Å². The van der Waals surface area contributed by atoms with Crippen LogP contribution >= 0.6 is 0 Å². The Kier molecular flexibility index (Phi) is 3.53. The van der Waals surface area contributed by atoms with Crippen molar-refractivity contribution in [1.82, 2.24) is 4.90 Å². The molecule has 2 heteroatoms. The summed E-state index contributed by atoms with van der Waals surface area (Å²) in [6, 6.07) is 0.671. The highest BCUT2D eigenvalue weighted by Gasteiger charge is 2.28. The van der Waals surface area contributed by atoms with Gasteiger partial charge in [0.1, 0.15) is 0 Å². The van der Waals surface area contributed by atoms with Gasteiger partial charge >= 0.3 is 0 Å². The van der Waals surface area contributed by atoms with Crippen molar-refractivity contribution in [2.75, 3.05) is 19.7 Å². The van der Waals surface area contributed by atoms with Crippen LogP contribution in [0.5, 0.6) is 0 Å². The fourth-order valence-electron chi connectivity index (χ4n) is 2.07. The fourth-order valence-corrected chi connectivity index (χ4v) is 2.07. The normalized spacial score (nSPS) is 31.8. The monoisotopic (exact) mass is 171 g/mol. The molecule has 0 aromatic rings. The highest BCUT2D eigenvalue weighted by Crippen LogP contribution is 2.22. The van der Waals surface area contributed by atoms with Gasteiger partial charge in [-0.05, 0) is 25.2 Å². The van der Waals surface area contributed by atoms with Gasteiger partial charge in [0.05, 0.1) is 0 Å². The molecule has 0 bridgehead atoms. The molecule has 0 spiro atoms. The molecule has 72 valence electrons. The predicted octanol–water partition coefficient (Wildman–Crippen LogP) is 1.35. The summed E-state index contributed by atoms with van der Waals surface area (Å²) in [6.07, 6.45) is 1.17. The molecule has 0 amide bonds. The number of aliphatic hydroxyl groups is 1. The minimum absolute atomic E-state index is 0.360. The summed E-state index contributed by atoms with van der Waals surface area (Å²) in [6.45, 7) is 9.39. The fraction of sp³-hybridized carbons (Fsp3) is 1.00. The smallest absolute Gasteiger partial charge is 0.0472 e. The summed E-state index contributed by atoms with van der Waals surface area (Å²) in [5.41, 5.74) is 0. The number of aliphatic hydroxyl groups excluding tert-OH is 1. The van der Waals surface area contributed by atoms with Crippen LogP contribution in [0.3, 0.4) is 0 Å². The van der Waals surface area contributed by atoms with Crippen LogP contribution in [0.1, 0.15) is 27.2 Å². The Morgan fingerprint density at radius 2 is 2.17 bits per heavy atom. The Labute approximate surface area is 75.6 Å². The molecule has 2 unspecified atom stereocenters. The maximum atomic E-state index is 9.01. The van der Waals surface area contributed by atoms with Crippen LogP contribution in [0.2, 0.25) is 0 Å². The quantitative estimate of drug-likeness (QED) is 0.693. The van der Waals surface area contributed by atoms with Gasteiger partial charge in [-0.2, -0.15) is 0 Å². The molecule has 1 fully saturated rings. The Morgan fingerprint density at radius 1 is 1.50 bits per heavy atom. The van der Waals surface area contributed by atoms with Crippen LogP contribution in [0, 0.1) is 11.8 Å². The van der Waals surface area contributed by atoms with E-state index in [-0.39, 0.29) is 0 Å². The average Bonchev–Trinajstić information content (AvgIpc) is 2.31. The van der Waals surface area contributed by atoms with Crippen LogP contribution < -0.4 is 0 Å². The predicted molar refractivity (Wildman–Crippen MR) is 51.1 cm³/mol. The third-order valence-corrected chi connectivity index (χ3v) is 2.65. The molecule has 0 aromatic heterocycles. The van der Waals surface area contributed by atoms with Gasteiger partial charge in [0.25, 0.3) is 0 Å². The van der Waals surface area contributed by atoms with E-state index in [0.29, 0.717) is 18.6 Å². The van der Waals surface area contributed by atoms with Crippen molar-refractivity contribution in [3.05, 3.63) is 0 Å². The molecule has 1 saturated heterocycles. The molecule has 2 nitrogen and oxygen atoms in total. The third-order valence-electron chi connectivity index (χ3n) is 2.65. The Hall–Kier alpha value is -0.0800. The van der Waals surface area contributed by atoms with E-state index in [1.165, 1.54) is 13.0 Å². The number of hydrogen-bond donors (Lipinski definition) is 1. The minimum atomic E-state index is 0.360. The minimum Gasteiger partial charge on any atom is -0.396 e. The molecule has 1 heterocycles. The summed E-state index contributed by atoms with van der Waals surface area (Å²) in [7, 11) is 0. The van der Waals surface area contributed by atoms with Crippen molar-refractivity contribution in [3.8, 4) is 0 Å². The van der Waals surface area contributed by atoms with Crippen molar-refractivity contribution in [2.45, 2.75) is 33.2 Å². The first kappa shape index (κ1) is 10.0. The molecule has 1 N–H and O–H groups in total. The van der Waals surface area contributed by atoms with Gasteiger partial charge in [0, 0.05) is 25.7 Å². The molecule has 1 rings (SSSR count). The molecule has 0 saturated carbocycles. The van der Waals surface area contributed by atoms with Gasteiger partial charge in [-0.3, -0.25) is 0 Å². The summed E-state index contributed by atoms with van der Waals surface area (Å²) in [4.78, 5) is 2.49. The zero-order chi connectivity index (χ0) is 9.14. The second-order valence-electron chi connectivity index (χ2n) is 4.48. The molecule has 0 radical (unpaired) electrons. The lowest BCUT2D eigenvalue weighted by atomic mass is 10.1. The summed E-state index contributed by atoms with van der Waals surface area (Å²) in [5, 5.41) is 9.01. The summed E-state index contributed by atoms with van der Waals surface area (Å²) < 4.78 is 0. The Morgan fingerprint density at radius 3 is 2.58 bits per heavy atom. The SMILES string of the molecule is CC(C)CN1CC(CO)CC1C. The highest BCUT2D eigenvalue weighted by atomic mass is 16.3. The van der Waals surface area contributed by atoms with Crippen LogP contribution in [0.25, 0.3) is 0 Å². The zero-order valence-electron chi connectivity index (χ0n) is 8.45. The zero-order valence-corrected chi connectivity index (χ0v) is 8.45. The van der Waals surface area contributed by atoms with Crippen molar-refractivity contribution in [1.29, 1.82) is 0 Å². The van der Waals surface area contributed by atoms with E-state index in [4.69, 9.17) is 5.11 Å². The first-order valence-electron chi connectivity index (χ1n) is 4.98. The highest BCUT2D eigenvalue weighted by molar-refractivity contribution is 4.82. The summed E-state index contributed by atoms with van der Waals surface area (Å²) in [5.74, 6) is 1.27.